The van der Waals surface area contributed by atoms with Crippen LogP contribution in [0.5, 0.6) is 28.7 Å². The van der Waals surface area contributed by atoms with Crippen molar-refractivity contribution in [3.63, 3.8) is 0 Å². The number of ether oxygens (including phenoxy) is 2. The average molecular weight is 690 g/mol. The molecule has 5 atom stereocenters. The van der Waals surface area contributed by atoms with Gasteiger partial charge in [-0.2, -0.15) is 0 Å². The number of aromatic amines is 1. The van der Waals surface area contributed by atoms with Crippen LogP contribution in [0, 0.1) is 23.2 Å². The summed E-state index contributed by atoms with van der Waals surface area (Å²) in [6.45, 7) is 4.73. The van der Waals surface area contributed by atoms with E-state index in [1.54, 1.807) is 24.3 Å². The van der Waals surface area contributed by atoms with Gasteiger partial charge in [-0.3, -0.25) is 4.79 Å². The van der Waals surface area contributed by atoms with E-state index in [1.165, 1.54) is 13.2 Å². The summed E-state index contributed by atoms with van der Waals surface area (Å²) in [7, 11) is 1.47. The molecule has 1 aliphatic carbocycles. The number of H-pyrrole nitrogens is 1. The zero-order chi connectivity index (χ0) is 36.0. The van der Waals surface area contributed by atoms with Crippen LogP contribution in [0.15, 0.2) is 72.2 Å². The van der Waals surface area contributed by atoms with Crippen molar-refractivity contribution in [3.05, 3.63) is 89.0 Å². The van der Waals surface area contributed by atoms with E-state index in [9.17, 15) is 30.3 Å². The molecule has 3 aromatic rings. The molecule has 0 amide bonds. The van der Waals surface area contributed by atoms with E-state index in [0.29, 0.717) is 56.0 Å². The topological polar surface area (TPSA) is 191 Å². The lowest BCUT2D eigenvalue weighted by atomic mass is 9.58. The third-order valence-corrected chi connectivity index (χ3v) is 10.2. The summed E-state index contributed by atoms with van der Waals surface area (Å²) in [6.07, 6.45) is 6.07. The second-order valence-electron chi connectivity index (χ2n) is 14.0. The summed E-state index contributed by atoms with van der Waals surface area (Å²) in [4.78, 5) is 18.1. The number of rotatable bonds is 16. The van der Waals surface area contributed by atoms with E-state index < -0.39 is 29.5 Å². The maximum absolute atomic E-state index is 14.8. The number of aryl methyl sites for hydroxylation is 2. The van der Waals surface area contributed by atoms with Crippen molar-refractivity contribution in [2.75, 3.05) is 20.3 Å². The molecule has 1 fully saturated rings. The van der Waals surface area contributed by atoms with Crippen molar-refractivity contribution in [1.82, 2.24) is 10.3 Å². The van der Waals surface area contributed by atoms with Gasteiger partial charge in [-0.25, -0.2) is 0 Å². The first-order chi connectivity index (χ1) is 23.9. The number of hydrogen-bond donors (Lipinski definition) is 8. The fourth-order valence-electron chi connectivity index (χ4n) is 7.76. The number of carbonyl (C=O) groups is 1. The predicted octanol–water partition coefficient (Wildman–Crippen LogP) is 4.62. The van der Waals surface area contributed by atoms with Gasteiger partial charge in [-0.1, -0.05) is 26.0 Å². The number of dihydropyridines is 1. The number of Topliss-reactive ketones (excluding diaryl/α,β-unsaturated/α-hetero) is 1. The van der Waals surface area contributed by atoms with Gasteiger partial charge in [0.25, 0.3) is 0 Å². The summed E-state index contributed by atoms with van der Waals surface area (Å²) < 4.78 is 11.0. The number of ketones is 1. The van der Waals surface area contributed by atoms with Gasteiger partial charge in [0.1, 0.15) is 5.78 Å². The fourth-order valence-corrected chi connectivity index (χ4v) is 7.76. The molecule has 50 heavy (non-hydrogen) atoms. The second-order valence-corrected chi connectivity index (χ2v) is 14.0. The Balaban J connectivity index is 1.53. The van der Waals surface area contributed by atoms with Gasteiger partial charge in [-0.05, 0) is 104 Å². The Morgan fingerprint density at radius 1 is 1.06 bits per heavy atom. The minimum Gasteiger partial charge on any atom is -0.504 e. The third-order valence-electron chi connectivity index (χ3n) is 10.2. The van der Waals surface area contributed by atoms with Crippen LogP contribution in [-0.2, 0) is 24.1 Å². The Morgan fingerprint density at radius 2 is 1.84 bits per heavy atom. The summed E-state index contributed by atoms with van der Waals surface area (Å²) in [5.74, 6) is -1.10. The highest BCUT2D eigenvalue weighted by Gasteiger charge is 2.58. The Hall–Kier alpha value is -4.61. The standard InChI is InChI=1S/C39H51N3O8/c1-23(2)22-50-35-19-25(17-33(47)38(35)48)8-11-32(46)37(31(45)10-7-24-6-9-30(44)34(18-24)49-3)39(26-13-16-42-36(40)20-26)14-12-29(43)28(39)21-27-5-4-15-41-27/h4-6,9,13,15,17-20,23,28-29,31,37,41-45,47-48H,7-8,10-12,14,16,21-22,40H2,1-3H3/t28-,29+,31-,37-,39-/m1/s1. The van der Waals surface area contributed by atoms with Crippen LogP contribution in [-0.4, -0.2) is 68.8 Å². The molecule has 0 saturated heterocycles. The summed E-state index contributed by atoms with van der Waals surface area (Å²) >= 11 is 0. The van der Waals surface area contributed by atoms with E-state index in [-0.39, 0.29) is 54.0 Å². The Bertz CT molecular complexity index is 1680. The number of methoxy groups -OCH3 is 1. The number of phenolic OH excluding ortho intramolecular Hbond substituents is 3. The lowest BCUT2D eigenvalue weighted by molar-refractivity contribution is -0.134. The van der Waals surface area contributed by atoms with Crippen LogP contribution in [0.1, 0.15) is 56.4 Å². The van der Waals surface area contributed by atoms with Gasteiger partial charge >= 0.3 is 0 Å². The lowest BCUT2D eigenvalue weighted by Crippen LogP contribution is -2.50. The van der Waals surface area contributed by atoms with Crippen molar-refractivity contribution in [2.45, 2.75) is 71.0 Å². The molecule has 0 unspecified atom stereocenters. The van der Waals surface area contributed by atoms with Crippen molar-refractivity contribution in [1.29, 1.82) is 0 Å². The molecule has 2 aromatic carbocycles. The monoisotopic (exact) mass is 689 g/mol. The first kappa shape index (κ1) is 36.7. The number of aromatic nitrogens is 1. The number of carbonyl (C=O) groups excluding carboxylic acids is 1. The molecule has 11 heteroatoms. The molecule has 2 aliphatic rings. The van der Waals surface area contributed by atoms with Crippen LogP contribution in [0.25, 0.3) is 0 Å². The molecule has 11 nitrogen and oxygen atoms in total. The molecular formula is C39H51N3O8. The molecule has 1 aromatic heterocycles. The average Bonchev–Trinajstić information content (AvgIpc) is 3.73. The Morgan fingerprint density at radius 3 is 2.54 bits per heavy atom. The molecule has 0 bridgehead atoms. The summed E-state index contributed by atoms with van der Waals surface area (Å²) in [6, 6.07) is 11.9. The first-order valence-corrected chi connectivity index (χ1v) is 17.4. The van der Waals surface area contributed by atoms with Gasteiger partial charge in [0.05, 0.1) is 37.7 Å². The smallest absolute Gasteiger partial charge is 0.200 e. The molecule has 1 aliphatic heterocycles. The van der Waals surface area contributed by atoms with Crippen molar-refractivity contribution in [2.24, 2.45) is 28.9 Å². The fraction of sp³-hybridized carbons (Fsp3) is 0.462. The van der Waals surface area contributed by atoms with Crippen LogP contribution >= 0.6 is 0 Å². The first-order valence-electron chi connectivity index (χ1n) is 17.4. The number of aliphatic hydroxyl groups excluding tert-OH is 2. The number of aromatic hydroxyl groups is 3. The van der Waals surface area contributed by atoms with Gasteiger partial charge in [0.2, 0.25) is 5.75 Å². The number of aliphatic hydroxyl groups is 2. The van der Waals surface area contributed by atoms with Crippen LogP contribution in [0.4, 0.5) is 0 Å². The van der Waals surface area contributed by atoms with Gasteiger partial charge in [0, 0.05) is 36.2 Å². The highest BCUT2D eigenvalue weighted by atomic mass is 16.5. The van der Waals surface area contributed by atoms with Gasteiger partial charge in [-0.15, -0.1) is 0 Å². The highest BCUT2D eigenvalue weighted by Crippen LogP contribution is 2.57. The second kappa shape index (κ2) is 15.9. The van der Waals surface area contributed by atoms with Crippen LogP contribution < -0.4 is 20.5 Å². The molecule has 5 rings (SSSR count). The van der Waals surface area contributed by atoms with E-state index in [4.69, 9.17) is 15.2 Å². The Labute approximate surface area is 293 Å². The number of allylic oxidation sites excluding steroid dienone is 2. The molecule has 1 saturated carbocycles. The number of benzene rings is 2. The SMILES string of the molecule is COc1cc(CC[C@@H](O)[C@H](C(=O)CCc2cc(O)c(O)c(OCC(C)C)c2)[C@@]2(C3=CCNC(N)=C3)CC[C@H](O)[C@H]2Cc2ccc[nH]2)ccc1O. The number of phenols is 3. The summed E-state index contributed by atoms with van der Waals surface area (Å²) in [5, 5.41) is 58.0. The quantitative estimate of drug-likeness (QED) is 0.0986. The molecule has 270 valence electrons. The van der Waals surface area contributed by atoms with Crippen molar-refractivity contribution in [3.8, 4) is 28.7 Å². The molecule has 2 heterocycles. The molecular weight excluding hydrogens is 638 g/mol. The van der Waals surface area contributed by atoms with E-state index >= 15 is 0 Å². The Kier molecular flexibility index (Phi) is 11.7. The molecule has 0 radical (unpaired) electrons. The lowest BCUT2D eigenvalue weighted by Gasteiger charge is -2.46. The van der Waals surface area contributed by atoms with Crippen molar-refractivity contribution < 1.29 is 39.8 Å². The molecule has 9 N–H and O–H groups in total. The number of hydrogen-bond acceptors (Lipinski definition) is 10. The summed E-state index contributed by atoms with van der Waals surface area (Å²) in [5.41, 5.74) is 8.52. The van der Waals surface area contributed by atoms with E-state index in [1.807, 2.05) is 44.3 Å². The maximum atomic E-state index is 14.8. The van der Waals surface area contributed by atoms with Gasteiger partial charge < -0.3 is 51.0 Å². The highest BCUT2D eigenvalue weighted by molar-refractivity contribution is 5.84. The largest absolute Gasteiger partial charge is 0.504 e. The third kappa shape index (κ3) is 8.05. The minimum atomic E-state index is -1.11. The van der Waals surface area contributed by atoms with Crippen LogP contribution in [0.3, 0.4) is 0 Å². The van der Waals surface area contributed by atoms with E-state index in [0.717, 1.165) is 16.8 Å². The van der Waals surface area contributed by atoms with Crippen molar-refractivity contribution >= 4 is 5.78 Å². The molecule has 0 spiro atoms. The zero-order valence-electron chi connectivity index (χ0n) is 29.1. The zero-order valence-corrected chi connectivity index (χ0v) is 29.1. The number of nitrogens with one attached hydrogen (secondary N) is 2. The maximum Gasteiger partial charge on any atom is 0.200 e. The predicted molar refractivity (Wildman–Crippen MR) is 190 cm³/mol. The van der Waals surface area contributed by atoms with E-state index in [2.05, 4.69) is 10.3 Å². The normalized spacial score (nSPS) is 21.6. The minimum absolute atomic E-state index is 0.0103. The number of nitrogens with two attached hydrogens (primary N) is 1. The van der Waals surface area contributed by atoms with Crippen LogP contribution in [0.2, 0.25) is 0 Å². The van der Waals surface area contributed by atoms with Gasteiger partial charge in [0.15, 0.2) is 23.0 Å².